The fourth-order valence-corrected chi connectivity index (χ4v) is 2.90. The van der Waals surface area contributed by atoms with E-state index in [2.05, 4.69) is 0 Å². The van der Waals surface area contributed by atoms with Crippen molar-refractivity contribution in [1.82, 2.24) is 0 Å². The van der Waals surface area contributed by atoms with Crippen LogP contribution in [0.2, 0.25) is 0 Å². The molecule has 0 saturated heterocycles. The Bertz CT molecular complexity index is 475. The molecule has 1 fully saturated rings. The number of ether oxygens (including phenoxy) is 2. The summed E-state index contributed by atoms with van der Waals surface area (Å²) >= 11 is 0. The van der Waals surface area contributed by atoms with E-state index in [0.717, 1.165) is 5.56 Å². The highest BCUT2D eigenvalue weighted by molar-refractivity contribution is 5.85. The van der Waals surface area contributed by atoms with Gasteiger partial charge in [0.15, 0.2) is 0 Å². The summed E-state index contributed by atoms with van der Waals surface area (Å²) in [6.07, 6.45) is 1.43. The van der Waals surface area contributed by atoms with Crippen LogP contribution in [0.15, 0.2) is 24.3 Å². The average Bonchev–Trinajstić information content (AvgIpc) is 2.42. The molecule has 4 nitrogen and oxygen atoms in total. The molecule has 0 spiro atoms. The maximum absolute atomic E-state index is 12.1. The molecular weight excluding hydrogens is 244 g/mol. The third-order valence-corrected chi connectivity index (χ3v) is 4.12. The first kappa shape index (κ1) is 13.9. The van der Waals surface area contributed by atoms with Gasteiger partial charge in [-0.3, -0.25) is 4.79 Å². The van der Waals surface area contributed by atoms with Crippen molar-refractivity contribution >= 4 is 5.97 Å². The molecule has 19 heavy (non-hydrogen) atoms. The van der Waals surface area contributed by atoms with E-state index in [4.69, 9.17) is 9.47 Å². The van der Waals surface area contributed by atoms with Crippen LogP contribution in [0, 0.1) is 0 Å². The topological polar surface area (TPSA) is 55.8 Å². The van der Waals surface area contributed by atoms with Gasteiger partial charge in [0.05, 0.1) is 25.2 Å². The van der Waals surface area contributed by atoms with Gasteiger partial charge in [0, 0.05) is 0 Å². The maximum atomic E-state index is 12.1. The Labute approximate surface area is 113 Å². The van der Waals surface area contributed by atoms with E-state index in [1.54, 1.807) is 7.11 Å². The summed E-state index contributed by atoms with van der Waals surface area (Å²) in [5.41, 5.74) is -0.664. The van der Waals surface area contributed by atoms with Crippen molar-refractivity contribution in [2.45, 2.75) is 37.2 Å². The first-order valence-electron chi connectivity index (χ1n) is 6.45. The van der Waals surface area contributed by atoms with Crippen molar-refractivity contribution < 1.29 is 19.4 Å². The number of carbonyl (C=O) groups is 1. The Morgan fingerprint density at radius 1 is 1.37 bits per heavy atom. The number of aliphatic hydroxyl groups is 1. The SMILES string of the molecule is CCC1(O)CC(C(=O)OC)(c2cccc(OC)c2)C1. The highest BCUT2D eigenvalue weighted by Gasteiger charge is 2.59. The standard InChI is InChI=1S/C15H20O4/c1-4-14(17)9-15(10-14,13(16)19-3)11-6-5-7-12(8-11)18-2/h5-8,17H,4,9-10H2,1-3H3. The molecule has 0 unspecified atom stereocenters. The summed E-state index contributed by atoms with van der Waals surface area (Å²) in [7, 11) is 2.97. The zero-order valence-electron chi connectivity index (χ0n) is 11.6. The van der Waals surface area contributed by atoms with Gasteiger partial charge in [-0.1, -0.05) is 19.1 Å². The molecular formula is C15H20O4. The van der Waals surface area contributed by atoms with Gasteiger partial charge < -0.3 is 14.6 Å². The molecule has 1 N–H and O–H groups in total. The van der Waals surface area contributed by atoms with Gasteiger partial charge in [0.25, 0.3) is 0 Å². The van der Waals surface area contributed by atoms with Crippen LogP contribution in [0.1, 0.15) is 31.7 Å². The van der Waals surface area contributed by atoms with Crippen molar-refractivity contribution in [1.29, 1.82) is 0 Å². The Morgan fingerprint density at radius 3 is 2.58 bits per heavy atom. The van der Waals surface area contributed by atoms with Crippen LogP contribution in [0.4, 0.5) is 0 Å². The summed E-state index contributed by atoms with van der Waals surface area (Å²) in [5, 5.41) is 10.2. The Balaban J connectivity index is 2.37. The third kappa shape index (κ3) is 2.21. The van der Waals surface area contributed by atoms with E-state index in [9.17, 15) is 9.90 Å². The number of benzene rings is 1. The quantitative estimate of drug-likeness (QED) is 0.846. The zero-order valence-corrected chi connectivity index (χ0v) is 11.6. The van der Waals surface area contributed by atoms with Gasteiger partial charge in [-0.25, -0.2) is 0 Å². The second-order valence-electron chi connectivity index (χ2n) is 5.24. The Morgan fingerprint density at radius 2 is 2.05 bits per heavy atom. The minimum Gasteiger partial charge on any atom is -0.497 e. The van der Waals surface area contributed by atoms with E-state index in [0.29, 0.717) is 25.0 Å². The molecule has 0 radical (unpaired) electrons. The number of esters is 1. The molecule has 0 heterocycles. The van der Waals surface area contributed by atoms with E-state index in [1.807, 2.05) is 31.2 Å². The average molecular weight is 264 g/mol. The van der Waals surface area contributed by atoms with Crippen LogP contribution in [-0.2, 0) is 14.9 Å². The smallest absolute Gasteiger partial charge is 0.316 e. The Hall–Kier alpha value is -1.55. The fourth-order valence-electron chi connectivity index (χ4n) is 2.90. The fraction of sp³-hybridized carbons (Fsp3) is 0.533. The third-order valence-electron chi connectivity index (χ3n) is 4.12. The van der Waals surface area contributed by atoms with Gasteiger partial charge >= 0.3 is 5.97 Å². The summed E-state index contributed by atoms with van der Waals surface area (Å²) < 4.78 is 10.1. The van der Waals surface area contributed by atoms with Gasteiger partial charge in [-0.05, 0) is 37.0 Å². The zero-order chi connectivity index (χ0) is 14.1. The lowest BCUT2D eigenvalue weighted by molar-refractivity contribution is -0.168. The molecule has 0 bridgehead atoms. The van der Waals surface area contributed by atoms with Crippen molar-refractivity contribution in [3.63, 3.8) is 0 Å². The predicted molar refractivity (Wildman–Crippen MR) is 71.2 cm³/mol. The monoisotopic (exact) mass is 264 g/mol. The van der Waals surface area contributed by atoms with E-state index < -0.39 is 11.0 Å². The second-order valence-corrected chi connectivity index (χ2v) is 5.24. The summed E-state index contributed by atoms with van der Waals surface area (Å²) in [6.45, 7) is 1.92. The molecule has 0 aromatic heterocycles. The highest BCUT2D eigenvalue weighted by atomic mass is 16.5. The van der Waals surface area contributed by atoms with Gasteiger partial charge in [-0.15, -0.1) is 0 Å². The lowest BCUT2D eigenvalue weighted by Gasteiger charge is -2.51. The first-order chi connectivity index (χ1) is 8.99. The van der Waals surface area contributed by atoms with Crippen molar-refractivity contribution in [3.05, 3.63) is 29.8 Å². The van der Waals surface area contributed by atoms with Crippen LogP contribution < -0.4 is 4.74 Å². The molecule has 1 saturated carbocycles. The molecule has 4 heteroatoms. The van der Waals surface area contributed by atoms with Gasteiger partial charge in [-0.2, -0.15) is 0 Å². The number of carbonyl (C=O) groups excluding carboxylic acids is 1. The molecule has 0 atom stereocenters. The highest BCUT2D eigenvalue weighted by Crippen LogP contribution is 2.52. The number of rotatable bonds is 4. The summed E-state index contributed by atoms with van der Waals surface area (Å²) in [5.74, 6) is 0.409. The van der Waals surface area contributed by atoms with E-state index in [1.165, 1.54) is 7.11 Å². The lowest BCUT2D eigenvalue weighted by Crippen LogP contribution is -2.58. The lowest BCUT2D eigenvalue weighted by atomic mass is 9.55. The number of hydrogen-bond acceptors (Lipinski definition) is 4. The minimum atomic E-state index is -0.767. The molecule has 1 aromatic carbocycles. The number of methoxy groups -OCH3 is 2. The Kier molecular flexibility index (Phi) is 3.54. The van der Waals surface area contributed by atoms with Gasteiger partial charge in [0.2, 0.25) is 0 Å². The molecule has 0 aliphatic heterocycles. The van der Waals surface area contributed by atoms with Gasteiger partial charge in [0.1, 0.15) is 5.75 Å². The van der Waals surface area contributed by atoms with E-state index in [-0.39, 0.29) is 5.97 Å². The summed E-state index contributed by atoms with van der Waals surface area (Å²) in [6, 6.07) is 7.40. The van der Waals surface area contributed by atoms with Crippen molar-refractivity contribution in [2.75, 3.05) is 14.2 Å². The maximum Gasteiger partial charge on any atom is 0.316 e. The predicted octanol–water partition coefficient (Wildman–Crippen LogP) is 2.04. The largest absolute Gasteiger partial charge is 0.497 e. The van der Waals surface area contributed by atoms with Crippen molar-refractivity contribution in [3.8, 4) is 5.75 Å². The van der Waals surface area contributed by atoms with Crippen LogP contribution in [0.3, 0.4) is 0 Å². The van der Waals surface area contributed by atoms with Crippen LogP contribution in [-0.4, -0.2) is 30.9 Å². The molecule has 0 amide bonds. The summed E-state index contributed by atoms with van der Waals surface area (Å²) in [4.78, 5) is 12.1. The molecule has 1 aromatic rings. The van der Waals surface area contributed by atoms with Crippen molar-refractivity contribution in [2.24, 2.45) is 0 Å². The number of hydrogen-bond donors (Lipinski definition) is 1. The molecule has 2 rings (SSSR count). The first-order valence-corrected chi connectivity index (χ1v) is 6.45. The molecule has 1 aliphatic rings. The van der Waals surface area contributed by atoms with Crippen LogP contribution in [0.25, 0.3) is 0 Å². The second kappa shape index (κ2) is 4.85. The van der Waals surface area contributed by atoms with Crippen LogP contribution >= 0.6 is 0 Å². The van der Waals surface area contributed by atoms with E-state index >= 15 is 0 Å². The van der Waals surface area contributed by atoms with Crippen LogP contribution in [0.5, 0.6) is 5.75 Å². The normalized spacial score (nSPS) is 29.5. The molecule has 104 valence electrons. The molecule has 1 aliphatic carbocycles. The minimum absolute atomic E-state index is 0.293.